The normalized spacial score (nSPS) is 34.2. The van der Waals surface area contributed by atoms with E-state index in [4.69, 9.17) is 54.1 Å². The Bertz CT molecular complexity index is 1320. The van der Waals surface area contributed by atoms with E-state index in [1.54, 1.807) is 0 Å². The van der Waals surface area contributed by atoms with Gasteiger partial charge in [0.15, 0.2) is 31.1 Å². The first-order chi connectivity index (χ1) is 22.1. The Morgan fingerprint density at radius 1 is 0.761 bits per heavy atom. The molecule has 3 heterocycles. The van der Waals surface area contributed by atoms with Crippen LogP contribution in [0.1, 0.15) is 38.2 Å². The highest BCUT2D eigenvalue weighted by atomic mass is 16.8. The van der Waals surface area contributed by atoms with Crippen molar-refractivity contribution >= 4 is 17.9 Å². The van der Waals surface area contributed by atoms with Crippen LogP contribution < -0.4 is 11.5 Å². The molecule has 3 aliphatic heterocycles. The molecular formula is C32H40N2O12. The number of benzene rings is 2. The lowest BCUT2D eigenvalue weighted by molar-refractivity contribution is -0.369. The van der Waals surface area contributed by atoms with Crippen molar-refractivity contribution in [2.24, 2.45) is 11.5 Å². The summed E-state index contributed by atoms with van der Waals surface area (Å²) < 4.78 is 53.6. The van der Waals surface area contributed by atoms with Gasteiger partial charge in [0.2, 0.25) is 0 Å². The quantitative estimate of drug-likeness (QED) is 0.278. The average molecular weight is 645 g/mol. The Labute approximate surface area is 266 Å². The summed E-state index contributed by atoms with van der Waals surface area (Å²) in [6.07, 6.45) is -8.86. The SMILES string of the molecule is CC(=O)OC[C@H]1O[C@@H](O[C@@H]2[C@@H](N)[C@H](OCc3ccccc3)O[C@@H]3CO[C@@H](c4ccccc4)O[C@@H]23)[C@H](N)[C@@H](OC(C)=O)[C@@H]1OC(C)=O. The van der Waals surface area contributed by atoms with Crippen molar-refractivity contribution in [3.63, 3.8) is 0 Å². The molecule has 0 radical (unpaired) electrons. The Hall–Kier alpha value is -3.47. The summed E-state index contributed by atoms with van der Waals surface area (Å²) in [7, 11) is 0. The molecule has 3 saturated heterocycles. The highest BCUT2D eigenvalue weighted by molar-refractivity contribution is 5.68. The lowest BCUT2D eigenvalue weighted by Crippen LogP contribution is -2.69. The predicted octanol–water partition coefficient (Wildman–Crippen LogP) is 1.23. The molecule has 46 heavy (non-hydrogen) atoms. The van der Waals surface area contributed by atoms with E-state index >= 15 is 0 Å². The van der Waals surface area contributed by atoms with Crippen LogP contribution in [-0.2, 0) is 63.6 Å². The van der Waals surface area contributed by atoms with Crippen molar-refractivity contribution in [1.29, 1.82) is 0 Å². The van der Waals surface area contributed by atoms with E-state index in [-0.39, 0.29) is 19.8 Å². The maximum absolute atomic E-state index is 12.1. The number of hydrogen-bond acceptors (Lipinski definition) is 14. The Morgan fingerprint density at radius 3 is 2.04 bits per heavy atom. The Balaban J connectivity index is 1.42. The van der Waals surface area contributed by atoms with Crippen LogP contribution >= 0.6 is 0 Å². The van der Waals surface area contributed by atoms with Gasteiger partial charge in [0.1, 0.15) is 31.0 Å². The molecule has 14 heteroatoms. The number of ether oxygens (including phenoxy) is 9. The third kappa shape index (κ3) is 8.27. The van der Waals surface area contributed by atoms with Crippen LogP contribution in [-0.4, -0.2) is 92.4 Å². The van der Waals surface area contributed by atoms with Crippen molar-refractivity contribution in [2.75, 3.05) is 13.2 Å². The van der Waals surface area contributed by atoms with Crippen LogP contribution in [0.3, 0.4) is 0 Å². The fraction of sp³-hybridized carbons (Fsp3) is 0.531. The molecule has 250 valence electrons. The Kier molecular flexibility index (Phi) is 11.4. The minimum Gasteiger partial charge on any atom is -0.463 e. The van der Waals surface area contributed by atoms with E-state index in [2.05, 4.69) is 0 Å². The molecule has 0 unspecified atom stereocenters. The molecule has 2 aromatic carbocycles. The molecule has 0 spiro atoms. The van der Waals surface area contributed by atoms with E-state index in [0.29, 0.717) is 0 Å². The van der Waals surface area contributed by atoms with Gasteiger partial charge in [-0.3, -0.25) is 14.4 Å². The van der Waals surface area contributed by atoms with E-state index < -0.39 is 85.5 Å². The van der Waals surface area contributed by atoms with Gasteiger partial charge in [0, 0.05) is 26.3 Å². The number of fused-ring (bicyclic) bond motifs is 1. The van der Waals surface area contributed by atoms with Gasteiger partial charge in [-0.25, -0.2) is 0 Å². The number of rotatable bonds is 10. The van der Waals surface area contributed by atoms with Gasteiger partial charge in [0.25, 0.3) is 0 Å². The second-order valence-electron chi connectivity index (χ2n) is 11.3. The zero-order valence-electron chi connectivity index (χ0n) is 25.8. The van der Waals surface area contributed by atoms with Crippen LogP contribution in [0.25, 0.3) is 0 Å². The summed E-state index contributed by atoms with van der Waals surface area (Å²) in [5.74, 6) is -1.96. The van der Waals surface area contributed by atoms with E-state index in [1.807, 2.05) is 60.7 Å². The second-order valence-corrected chi connectivity index (χ2v) is 11.3. The number of hydrogen-bond donors (Lipinski definition) is 2. The van der Waals surface area contributed by atoms with Gasteiger partial charge in [0.05, 0.1) is 25.3 Å². The van der Waals surface area contributed by atoms with Gasteiger partial charge in [-0.15, -0.1) is 0 Å². The first-order valence-corrected chi connectivity index (χ1v) is 15.0. The summed E-state index contributed by atoms with van der Waals surface area (Å²) in [6, 6.07) is 16.8. The number of esters is 3. The average Bonchev–Trinajstić information content (AvgIpc) is 3.04. The van der Waals surface area contributed by atoms with Gasteiger partial charge >= 0.3 is 17.9 Å². The molecular weight excluding hydrogens is 604 g/mol. The maximum Gasteiger partial charge on any atom is 0.303 e. The highest BCUT2D eigenvalue weighted by Gasteiger charge is 2.54. The molecule has 14 nitrogen and oxygen atoms in total. The molecule has 0 bridgehead atoms. The van der Waals surface area contributed by atoms with Crippen molar-refractivity contribution < 1.29 is 57.0 Å². The summed E-state index contributed by atoms with van der Waals surface area (Å²) in [5.41, 5.74) is 15.0. The molecule has 4 N–H and O–H groups in total. The van der Waals surface area contributed by atoms with Crippen molar-refractivity contribution in [3.8, 4) is 0 Å². The molecule has 0 aliphatic carbocycles. The zero-order valence-corrected chi connectivity index (χ0v) is 25.8. The second kappa shape index (κ2) is 15.4. The first-order valence-electron chi connectivity index (χ1n) is 15.0. The van der Waals surface area contributed by atoms with Crippen LogP contribution in [0.5, 0.6) is 0 Å². The van der Waals surface area contributed by atoms with Crippen molar-refractivity contribution in [3.05, 3.63) is 71.8 Å². The van der Waals surface area contributed by atoms with Crippen LogP contribution in [0.15, 0.2) is 60.7 Å². The van der Waals surface area contributed by atoms with Gasteiger partial charge in [-0.05, 0) is 5.56 Å². The molecule has 2 aromatic rings. The minimum absolute atomic E-state index is 0.138. The standard InChI is InChI=1S/C32H40N2O12/c1-17(35)38-15-22-26(41-18(2)36)28(42-19(3)37)25(34)32(44-22)46-29-24(33)31(39-14-20-10-6-4-7-11-20)43-23-16-40-30(45-27(23)29)21-12-8-5-9-13-21/h4-13,22-32H,14-16,33-34H2,1-3H3/t22-,23-,24-,25-,26-,27-,28-,29-,30-,31-,32+/m1/s1. The molecule has 0 amide bonds. The Morgan fingerprint density at radius 2 is 1.39 bits per heavy atom. The number of carbonyl (C=O) groups excluding carboxylic acids is 3. The van der Waals surface area contributed by atoms with Crippen molar-refractivity contribution in [1.82, 2.24) is 0 Å². The molecule has 0 saturated carbocycles. The zero-order chi connectivity index (χ0) is 32.8. The fourth-order valence-corrected chi connectivity index (χ4v) is 5.65. The fourth-order valence-electron chi connectivity index (χ4n) is 5.65. The lowest BCUT2D eigenvalue weighted by atomic mass is 9.94. The minimum atomic E-state index is -1.29. The van der Waals surface area contributed by atoms with E-state index in [0.717, 1.165) is 11.1 Å². The summed E-state index contributed by atoms with van der Waals surface area (Å²) in [5, 5.41) is 0. The monoisotopic (exact) mass is 644 g/mol. The lowest BCUT2D eigenvalue weighted by Gasteiger charge is -2.50. The summed E-state index contributed by atoms with van der Waals surface area (Å²) >= 11 is 0. The smallest absolute Gasteiger partial charge is 0.303 e. The highest BCUT2D eigenvalue weighted by Crippen LogP contribution is 2.37. The van der Waals surface area contributed by atoms with Gasteiger partial charge < -0.3 is 54.1 Å². The van der Waals surface area contributed by atoms with Gasteiger partial charge in [-0.1, -0.05) is 60.7 Å². The summed E-state index contributed by atoms with van der Waals surface area (Å²) in [4.78, 5) is 35.8. The number of nitrogens with two attached hydrogens (primary N) is 2. The molecule has 3 fully saturated rings. The first kappa shape index (κ1) is 33.9. The maximum atomic E-state index is 12.1. The number of carbonyl (C=O) groups is 3. The van der Waals surface area contributed by atoms with E-state index in [9.17, 15) is 14.4 Å². The van der Waals surface area contributed by atoms with Crippen LogP contribution in [0, 0.1) is 0 Å². The van der Waals surface area contributed by atoms with Crippen LogP contribution in [0.2, 0.25) is 0 Å². The topological polar surface area (TPSA) is 186 Å². The largest absolute Gasteiger partial charge is 0.463 e. The third-order valence-corrected chi connectivity index (χ3v) is 7.75. The molecule has 0 aromatic heterocycles. The van der Waals surface area contributed by atoms with Gasteiger partial charge in [-0.2, -0.15) is 0 Å². The molecule has 5 rings (SSSR count). The predicted molar refractivity (Wildman–Crippen MR) is 157 cm³/mol. The summed E-state index contributed by atoms with van der Waals surface area (Å²) in [6.45, 7) is 3.60. The molecule has 11 atom stereocenters. The van der Waals surface area contributed by atoms with Crippen LogP contribution in [0.4, 0.5) is 0 Å². The third-order valence-electron chi connectivity index (χ3n) is 7.75. The van der Waals surface area contributed by atoms with E-state index in [1.165, 1.54) is 20.8 Å². The molecule has 3 aliphatic rings. The van der Waals surface area contributed by atoms with Crippen molar-refractivity contribution in [2.45, 2.75) is 95.0 Å².